The van der Waals surface area contributed by atoms with Crippen LogP contribution in [0.2, 0.25) is 0 Å². The van der Waals surface area contributed by atoms with Gasteiger partial charge in [0.1, 0.15) is 11.6 Å². The van der Waals surface area contributed by atoms with Gasteiger partial charge in [-0.25, -0.2) is 9.37 Å². The van der Waals surface area contributed by atoms with Gasteiger partial charge in [-0.1, -0.05) is 12.8 Å². The van der Waals surface area contributed by atoms with E-state index in [0.717, 1.165) is 38.0 Å². The minimum atomic E-state index is -0.387. The van der Waals surface area contributed by atoms with Crippen LogP contribution in [-0.2, 0) is 6.61 Å². The molecule has 1 aliphatic heterocycles. The van der Waals surface area contributed by atoms with Crippen molar-refractivity contribution < 1.29 is 9.50 Å². The van der Waals surface area contributed by atoms with Gasteiger partial charge in [0.15, 0.2) is 0 Å². The molecule has 0 radical (unpaired) electrons. The van der Waals surface area contributed by atoms with Gasteiger partial charge in [-0.05, 0) is 18.9 Å². The van der Waals surface area contributed by atoms with E-state index >= 15 is 0 Å². The number of nitrogens with zero attached hydrogens (tertiary/aromatic N) is 3. The Bertz CT molecular complexity index is 454. The number of hydrogen-bond acceptors (Lipinski definition) is 4. The van der Waals surface area contributed by atoms with Gasteiger partial charge < -0.3 is 10.0 Å². The van der Waals surface area contributed by atoms with E-state index in [1.807, 2.05) is 0 Å². The lowest BCUT2D eigenvalue weighted by Gasteiger charge is -2.39. The van der Waals surface area contributed by atoms with Crippen molar-refractivity contribution in [3.63, 3.8) is 0 Å². The highest BCUT2D eigenvalue weighted by molar-refractivity contribution is 5.47. The molecule has 3 rings (SSSR count). The number of aliphatic hydroxyl groups excluding tert-OH is 1. The molecule has 1 aliphatic carbocycles. The number of anilines is 1. The number of pyridine rings is 1. The SMILES string of the molecule is OCc1cc(F)cnc1N1CCN(C2CCCC2)CC1. The van der Waals surface area contributed by atoms with Crippen LogP contribution >= 0.6 is 0 Å². The fraction of sp³-hybridized carbons (Fsp3) is 0.667. The zero-order valence-corrected chi connectivity index (χ0v) is 11.8. The zero-order chi connectivity index (χ0) is 13.9. The second kappa shape index (κ2) is 6.06. The van der Waals surface area contributed by atoms with E-state index in [0.29, 0.717) is 5.56 Å². The van der Waals surface area contributed by atoms with Gasteiger partial charge in [0.2, 0.25) is 0 Å². The highest BCUT2D eigenvalue weighted by Gasteiger charge is 2.27. The molecule has 2 heterocycles. The van der Waals surface area contributed by atoms with Gasteiger partial charge in [-0.2, -0.15) is 0 Å². The summed E-state index contributed by atoms with van der Waals surface area (Å²) < 4.78 is 13.2. The van der Waals surface area contributed by atoms with Gasteiger partial charge in [0, 0.05) is 37.8 Å². The fourth-order valence-electron chi connectivity index (χ4n) is 3.44. The fourth-order valence-corrected chi connectivity index (χ4v) is 3.44. The van der Waals surface area contributed by atoms with Gasteiger partial charge in [-0.3, -0.25) is 4.90 Å². The van der Waals surface area contributed by atoms with E-state index in [1.54, 1.807) is 0 Å². The van der Waals surface area contributed by atoms with E-state index < -0.39 is 0 Å². The highest BCUT2D eigenvalue weighted by Crippen LogP contribution is 2.26. The Kier molecular flexibility index (Phi) is 4.17. The number of rotatable bonds is 3. The lowest BCUT2D eigenvalue weighted by Crippen LogP contribution is -2.50. The molecule has 0 spiro atoms. The number of hydrogen-bond donors (Lipinski definition) is 1. The van der Waals surface area contributed by atoms with Gasteiger partial charge >= 0.3 is 0 Å². The molecular formula is C15H22FN3O. The van der Waals surface area contributed by atoms with Crippen LogP contribution in [-0.4, -0.2) is 47.2 Å². The molecule has 2 aliphatic rings. The molecule has 0 atom stereocenters. The van der Waals surface area contributed by atoms with Crippen LogP contribution in [0.25, 0.3) is 0 Å². The van der Waals surface area contributed by atoms with E-state index in [2.05, 4.69) is 14.8 Å². The zero-order valence-electron chi connectivity index (χ0n) is 11.8. The van der Waals surface area contributed by atoms with Crippen molar-refractivity contribution in [2.45, 2.75) is 38.3 Å². The first-order valence-corrected chi connectivity index (χ1v) is 7.52. The van der Waals surface area contributed by atoms with Crippen molar-refractivity contribution in [3.05, 3.63) is 23.6 Å². The van der Waals surface area contributed by atoms with Crippen LogP contribution < -0.4 is 4.90 Å². The maximum Gasteiger partial charge on any atom is 0.142 e. The van der Waals surface area contributed by atoms with Crippen molar-refractivity contribution in [1.82, 2.24) is 9.88 Å². The molecule has 0 unspecified atom stereocenters. The first-order valence-electron chi connectivity index (χ1n) is 7.52. The smallest absolute Gasteiger partial charge is 0.142 e. The van der Waals surface area contributed by atoms with E-state index in [4.69, 9.17) is 0 Å². The summed E-state index contributed by atoms with van der Waals surface area (Å²) in [6.45, 7) is 3.72. The summed E-state index contributed by atoms with van der Waals surface area (Å²) in [6.07, 6.45) is 6.61. The van der Waals surface area contributed by atoms with Gasteiger partial charge in [0.25, 0.3) is 0 Å². The Morgan fingerprint density at radius 2 is 1.90 bits per heavy atom. The maximum absolute atomic E-state index is 13.2. The molecular weight excluding hydrogens is 257 g/mol. The van der Waals surface area contributed by atoms with Crippen molar-refractivity contribution in [1.29, 1.82) is 0 Å². The molecule has 110 valence electrons. The Morgan fingerprint density at radius 3 is 2.55 bits per heavy atom. The second-order valence-electron chi connectivity index (χ2n) is 5.76. The van der Waals surface area contributed by atoms with Crippen LogP contribution in [0.5, 0.6) is 0 Å². The van der Waals surface area contributed by atoms with Gasteiger partial charge in [0.05, 0.1) is 12.8 Å². The summed E-state index contributed by atoms with van der Waals surface area (Å²) in [5, 5.41) is 9.35. The van der Waals surface area contributed by atoms with Gasteiger partial charge in [-0.15, -0.1) is 0 Å². The monoisotopic (exact) mass is 279 g/mol. The second-order valence-corrected chi connectivity index (χ2v) is 5.76. The summed E-state index contributed by atoms with van der Waals surface area (Å²) >= 11 is 0. The van der Waals surface area contributed by atoms with Crippen LogP contribution in [0.1, 0.15) is 31.2 Å². The van der Waals surface area contributed by atoms with Crippen molar-refractivity contribution in [3.8, 4) is 0 Å². The molecule has 0 bridgehead atoms. The summed E-state index contributed by atoms with van der Waals surface area (Å²) in [5.74, 6) is 0.349. The molecule has 5 heteroatoms. The van der Waals surface area contributed by atoms with Crippen molar-refractivity contribution >= 4 is 5.82 Å². The summed E-state index contributed by atoms with van der Waals surface area (Å²) in [4.78, 5) is 8.91. The first-order chi connectivity index (χ1) is 9.78. The predicted molar refractivity (Wildman–Crippen MR) is 76.2 cm³/mol. The minimum absolute atomic E-state index is 0.164. The van der Waals surface area contributed by atoms with E-state index in [1.165, 1.54) is 37.9 Å². The van der Waals surface area contributed by atoms with Crippen molar-refractivity contribution in [2.75, 3.05) is 31.1 Å². The van der Waals surface area contributed by atoms with Crippen LogP contribution in [0.4, 0.5) is 10.2 Å². The molecule has 1 aromatic heterocycles. The third-order valence-electron chi connectivity index (χ3n) is 4.53. The average Bonchev–Trinajstić information content (AvgIpc) is 3.01. The third kappa shape index (κ3) is 2.79. The molecule has 1 N–H and O–H groups in total. The first kappa shape index (κ1) is 13.8. The van der Waals surface area contributed by atoms with E-state index in [9.17, 15) is 9.50 Å². The lowest BCUT2D eigenvalue weighted by atomic mass is 10.1. The summed E-state index contributed by atoms with van der Waals surface area (Å²) in [7, 11) is 0. The number of piperazine rings is 1. The Morgan fingerprint density at radius 1 is 1.20 bits per heavy atom. The number of aromatic nitrogens is 1. The Labute approximate surface area is 119 Å². The van der Waals surface area contributed by atoms with Crippen LogP contribution in [0.15, 0.2) is 12.3 Å². The standard InChI is InChI=1S/C15H22FN3O/c16-13-9-12(11-20)15(17-10-13)19-7-5-18(6-8-19)14-3-1-2-4-14/h9-10,14,20H,1-8,11H2. The molecule has 1 saturated heterocycles. The minimum Gasteiger partial charge on any atom is -0.392 e. The highest BCUT2D eigenvalue weighted by atomic mass is 19.1. The average molecular weight is 279 g/mol. The number of halogens is 1. The Hall–Kier alpha value is -1.20. The molecule has 1 saturated carbocycles. The largest absolute Gasteiger partial charge is 0.392 e. The molecule has 20 heavy (non-hydrogen) atoms. The predicted octanol–water partition coefficient (Wildman–Crippen LogP) is 1.78. The van der Waals surface area contributed by atoms with Crippen LogP contribution in [0.3, 0.4) is 0 Å². The topological polar surface area (TPSA) is 39.6 Å². The normalized spacial score (nSPS) is 21.6. The Balaban J connectivity index is 1.65. The molecule has 0 amide bonds. The summed E-state index contributed by atoms with van der Waals surface area (Å²) in [5.41, 5.74) is 0.583. The quantitative estimate of drug-likeness (QED) is 0.915. The molecule has 1 aromatic rings. The summed E-state index contributed by atoms with van der Waals surface area (Å²) in [6, 6.07) is 2.14. The molecule has 2 fully saturated rings. The maximum atomic E-state index is 13.2. The molecule has 0 aromatic carbocycles. The van der Waals surface area contributed by atoms with Crippen LogP contribution in [0, 0.1) is 5.82 Å². The lowest BCUT2D eigenvalue weighted by molar-refractivity contribution is 0.187. The van der Waals surface area contributed by atoms with E-state index in [-0.39, 0.29) is 12.4 Å². The third-order valence-corrected chi connectivity index (χ3v) is 4.53. The van der Waals surface area contributed by atoms with Crippen molar-refractivity contribution in [2.24, 2.45) is 0 Å². The number of aliphatic hydroxyl groups is 1. The molecule has 4 nitrogen and oxygen atoms in total.